The molecule has 0 fully saturated rings. The van der Waals surface area contributed by atoms with E-state index in [1.165, 1.54) is 0 Å². The van der Waals surface area contributed by atoms with Crippen LogP contribution in [0, 0.1) is 0 Å². The first-order chi connectivity index (χ1) is 5.76. The largest absolute Gasteiger partial charge is 0.387 e. The van der Waals surface area contributed by atoms with Crippen LogP contribution in [0.25, 0.3) is 0 Å². The third-order valence-electron chi connectivity index (χ3n) is 1.14. The fourth-order valence-electron chi connectivity index (χ4n) is 0.664. The van der Waals surface area contributed by atoms with Crippen LogP contribution in [-0.4, -0.2) is 12.4 Å². The molecule has 0 spiro atoms. The van der Waals surface area contributed by atoms with Crippen LogP contribution < -0.4 is 5.32 Å². The van der Waals surface area contributed by atoms with Crippen LogP contribution in [0.5, 0.6) is 0 Å². The third kappa shape index (κ3) is 4.31. The van der Waals surface area contributed by atoms with E-state index in [0.717, 1.165) is 10.7 Å². The van der Waals surface area contributed by atoms with Gasteiger partial charge >= 0.3 is 0 Å². The molecule has 0 aliphatic carbocycles. The number of para-hydroxylation sites is 1. The number of nitrogens with one attached hydrogen (secondary N) is 1. The average molecular weight is 202 g/mol. The number of hydrogen-bond acceptors (Lipinski definition) is 2. The fraction of sp³-hybridized carbons (Fsp3) is 0.222. The quantitative estimate of drug-likeness (QED) is 0.700. The second-order valence-corrected chi connectivity index (χ2v) is 2.84. The van der Waals surface area contributed by atoms with Gasteiger partial charge in [0, 0.05) is 7.05 Å². The molecule has 1 nitrogen and oxygen atoms in total. The van der Waals surface area contributed by atoms with E-state index < -0.39 is 0 Å². The lowest BCUT2D eigenvalue weighted by molar-refractivity contribution is 1.51. The van der Waals surface area contributed by atoms with E-state index in [-0.39, 0.29) is 0 Å². The number of hydrogen-bond donors (Lipinski definition) is 1. The highest BCUT2D eigenvalue weighted by Crippen LogP contribution is 2.18. The molecule has 0 saturated heterocycles. The van der Waals surface area contributed by atoms with Crippen LogP contribution in [0.15, 0.2) is 24.3 Å². The van der Waals surface area contributed by atoms with Crippen LogP contribution >= 0.6 is 23.8 Å². The molecule has 3 heteroatoms. The zero-order chi connectivity index (χ0) is 9.40. The summed E-state index contributed by atoms with van der Waals surface area (Å²) < 4.78 is 0. The van der Waals surface area contributed by atoms with E-state index in [1.807, 2.05) is 38.2 Å². The summed E-state index contributed by atoms with van der Waals surface area (Å²) in [6, 6.07) is 7.64. The van der Waals surface area contributed by atoms with Gasteiger partial charge in [-0.1, -0.05) is 36.0 Å². The van der Waals surface area contributed by atoms with Crippen molar-refractivity contribution in [1.29, 1.82) is 0 Å². The van der Waals surface area contributed by atoms with Crippen molar-refractivity contribution in [2.75, 3.05) is 12.4 Å². The van der Waals surface area contributed by atoms with Gasteiger partial charge in [-0.25, -0.2) is 0 Å². The monoisotopic (exact) mass is 201 g/mol. The van der Waals surface area contributed by atoms with E-state index in [4.69, 9.17) is 11.6 Å². The molecule has 0 saturated carbocycles. The minimum absolute atomic E-state index is 0.764. The summed E-state index contributed by atoms with van der Waals surface area (Å²) in [5.74, 6) is 0. The van der Waals surface area contributed by atoms with Crippen molar-refractivity contribution in [3.8, 4) is 0 Å². The Labute approximate surface area is 83.7 Å². The van der Waals surface area contributed by atoms with Crippen molar-refractivity contribution < 1.29 is 0 Å². The zero-order valence-electron chi connectivity index (χ0n) is 7.17. The summed E-state index contributed by atoms with van der Waals surface area (Å²) in [6.45, 7) is 1.81. The number of benzene rings is 1. The predicted octanol–water partition coefficient (Wildman–Crippen LogP) is 3.39. The molecule has 1 aromatic carbocycles. The minimum atomic E-state index is 0.764. The molecule has 12 heavy (non-hydrogen) atoms. The molecule has 1 N–H and O–H groups in total. The van der Waals surface area contributed by atoms with Crippen molar-refractivity contribution in [1.82, 2.24) is 0 Å². The Bertz CT molecular complexity index is 238. The molecule has 0 heterocycles. The summed E-state index contributed by atoms with van der Waals surface area (Å²) >= 11 is 10.0. The first-order valence-electron chi connectivity index (χ1n) is 3.58. The van der Waals surface area contributed by atoms with Gasteiger partial charge in [0.2, 0.25) is 0 Å². The van der Waals surface area contributed by atoms with Crippen LogP contribution in [0.4, 0.5) is 5.69 Å². The maximum atomic E-state index is 5.76. The van der Waals surface area contributed by atoms with Crippen LogP contribution in [0.1, 0.15) is 6.92 Å². The topological polar surface area (TPSA) is 12.0 Å². The highest BCUT2D eigenvalue weighted by molar-refractivity contribution is 7.78. The highest BCUT2D eigenvalue weighted by Gasteiger charge is 1.91. The fourth-order valence-corrected chi connectivity index (χ4v) is 0.894. The molecule has 0 unspecified atom stereocenters. The van der Waals surface area contributed by atoms with Crippen molar-refractivity contribution in [3.63, 3.8) is 0 Å². The molecule has 0 radical (unpaired) electrons. The molecule has 0 bridgehead atoms. The maximum absolute atomic E-state index is 5.76. The standard InChI is InChI=1S/C7H8ClN.C2H4S/c1-9-7-5-3-2-4-6(7)8;1-2-3/h2-5,9H,1H3;2H,1H3. The Morgan fingerprint density at radius 3 is 2.25 bits per heavy atom. The maximum Gasteiger partial charge on any atom is 0.0637 e. The second-order valence-electron chi connectivity index (χ2n) is 1.97. The highest BCUT2D eigenvalue weighted by atomic mass is 35.5. The van der Waals surface area contributed by atoms with Gasteiger partial charge in [-0.2, -0.15) is 0 Å². The number of thiocarbonyl (C=S) groups is 1. The molecule has 0 aliphatic rings. The number of rotatable bonds is 1. The normalized spacial score (nSPS) is 7.92. The smallest absolute Gasteiger partial charge is 0.0637 e. The van der Waals surface area contributed by atoms with E-state index in [2.05, 4.69) is 17.5 Å². The number of halogens is 1. The van der Waals surface area contributed by atoms with Crippen molar-refractivity contribution in [2.24, 2.45) is 0 Å². The van der Waals surface area contributed by atoms with Gasteiger partial charge < -0.3 is 5.32 Å². The molecule has 1 aromatic rings. The molecule has 0 amide bonds. The Morgan fingerprint density at radius 1 is 1.42 bits per heavy atom. The predicted molar refractivity (Wildman–Crippen MR) is 60.3 cm³/mol. The average Bonchev–Trinajstić information content (AvgIpc) is 2.07. The van der Waals surface area contributed by atoms with Gasteiger partial charge in [-0.05, 0) is 24.4 Å². The Kier molecular flexibility index (Phi) is 6.72. The Balaban J connectivity index is 0.000000354. The SMILES string of the molecule is CC=S.CNc1ccccc1Cl. The molecule has 1 rings (SSSR count). The van der Waals surface area contributed by atoms with Crippen molar-refractivity contribution >= 4 is 34.9 Å². The third-order valence-corrected chi connectivity index (χ3v) is 1.47. The van der Waals surface area contributed by atoms with E-state index in [0.29, 0.717) is 0 Å². The first-order valence-corrected chi connectivity index (χ1v) is 4.43. The van der Waals surface area contributed by atoms with E-state index >= 15 is 0 Å². The van der Waals surface area contributed by atoms with Gasteiger partial charge in [-0.15, -0.1) is 0 Å². The molecule has 66 valence electrons. The van der Waals surface area contributed by atoms with Gasteiger partial charge in [0.25, 0.3) is 0 Å². The molecule has 0 aliphatic heterocycles. The molecular weight excluding hydrogens is 190 g/mol. The lowest BCUT2D eigenvalue weighted by Crippen LogP contribution is -1.86. The number of anilines is 1. The summed E-state index contributed by atoms with van der Waals surface area (Å²) in [5, 5.41) is 5.31. The molecular formula is C9H12ClNS. The summed E-state index contributed by atoms with van der Waals surface area (Å²) in [4.78, 5) is 0. The van der Waals surface area contributed by atoms with E-state index in [1.54, 1.807) is 5.37 Å². The summed E-state index contributed by atoms with van der Waals surface area (Å²) in [7, 11) is 1.85. The minimum Gasteiger partial charge on any atom is -0.387 e. The van der Waals surface area contributed by atoms with Gasteiger partial charge in [0.15, 0.2) is 0 Å². The second kappa shape index (κ2) is 7.07. The van der Waals surface area contributed by atoms with Crippen molar-refractivity contribution in [2.45, 2.75) is 6.92 Å². The molecule has 0 atom stereocenters. The van der Waals surface area contributed by atoms with Gasteiger partial charge in [0.1, 0.15) is 0 Å². The molecule has 0 aromatic heterocycles. The summed E-state index contributed by atoms with van der Waals surface area (Å²) in [6.07, 6.45) is 0. The lowest BCUT2D eigenvalue weighted by atomic mass is 10.3. The Morgan fingerprint density at radius 2 is 1.92 bits per heavy atom. The lowest BCUT2D eigenvalue weighted by Gasteiger charge is -1.99. The Hall–Kier alpha value is -0.600. The summed E-state index contributed by atoms with van der Waals surface area (Å²) in [5.41, 5.74) is 0.971. The van der Waals surface area contributed by atoms with Crippen molar-refractivity contribution in [3.05, 3.63) is 29.3 Å². The van der Waals surface area contributed by atoms with Crippen LogP contribution in [0.2, 0.25) is 5.02 Å². The van der Waals surface area contributed by atoms with E-state index in [9.17, 15) is 0 Å². The zero-order valence-corrected chi connectivity index (χ0v) is 8.75. The van der Waals surface area contributed by atoms with Crippen LogP contribution in [0.3, 0.4) is 0 Å². The van der Waals surface area contributed by atoms with Gasteiger partial charge in [0.05, 0.1) is 10.7 Å². The first kappa shape index (κ1) is 11.4. The van der Waals surface area contributed by atoms with Crippen LogP contribution in [-0.2, 0) is 0 Å². The van der Waals surface area contributed by atoms with Gasteiger partial charge in [-0.3, -0.25) is 0 Å².